The predicted octanol–water partition coefficient (Wildman–Crippen LogP) is 4.04. The van der Waals surface area contributed by atoms with Crippen molar-refractivity contribution in [3.63, 3.8) is 0 Å². The van der Waals surface area contributed by atoms with E-state index in [-0.39, 0.29) is 24.1 Å². The molecule has 2 bridgehead atoms. The number of para-hydroxylation sites is 1. The van der Waals surface area contributed by atoms with Crippen molar-refractivity contribution in [3.8, 4) is 5.75 Å². The van der Waals surface area contributed by atoms with Crippen LogP contribution < -0.4 is 4.74 Å². The van der Waals surface area contributed by atoms with E-state index in [9.17, 15) is 4.79 Å². The second kappa shape index (κ2) is 6.16. The van der Waals surface area contributed by atoms with Crippen LogP contribution in [-0.4, -0.2) is 34.0 Å². The summed E-state index contributed by atoms with van der Waals surface area (Å²) in [5.41, 5.74) is 0.762. The number of nitrogens with zero attached hydrogens (tertiary/aromatic N) is 2. The average Bonchev–Trinajstić information content (AvgIpc) is 3.21. The lowest BCUT2D eigenvalue weighted by Gasteiger charge is -2.38. The first-order valence-corrected chi connectivity index (χ1v) is 9.16. The van der Waals surface area contributed by atoms with Crippen LogP contribution in [0.25, 0.3) is 11.0 Å². The number of carbonyl (C=O) groups is 1. The maximum atomic E-state index is 13.1. The number of fused-ring (bicyclic) bond motifs is 3. The van der Waals surface area contributed by atoms with Crippen molar-refractivity contribution < 1.29 is 13.9 Å². The summed E-state index contributed by atoms with van der Waals surface area (Å²) in [7, 11) is 0. The first kappa shape index (κ1) is 15.4. The average molecular weight is 348 g/mol. The molecule has 1 amide bonds. The molecular formula is C21H20N2O3. The molecule has 1 aromatic carbocycles. The van der Waals surface area contributed by atoms with Gasteiger partial charge in [0, 0.05) is 36.5 Å². The predicted molar refractivity (Wildman–Crippen MR) is 97.1 cm³/mol. The van der Waals surface area contributed by atoms with Gasteiger partial charge in [-0.25, -0.2) is 0 Å². The van der Waals surface area contributed by atoms with E-state index in [2.05, 4.69) is 4.98 Å². The normalized spacial score (nSPS) is 24.8. The quantitative estimate of drug-likeness (QED) is 0.717. The van der Waals surface area contributed by atoms with Crippen molar-refractivity contribution in [2.45, 2.75) is 43.9 Å². The van der Waals surface area contributed by atoms with Crippen LogP contribution in [-0.2, 0) is 0 Å². The number of pyridine rings is 1. The second-order valence-corrected chi connectivity index (χ2v) is 7.15. The van der Waals surface area contributed by atoms with E-state index in [1.807, 2.05) is 47.4 Å². The minimum Gasteiger partial charge on any atom is -0.489 e. The number of furan rings is 1. The lowest BCUT2D eigenvalue weighted by atomic mass is 9.99. The Hall–Kier alpha value is -2.82. The van der Waals surface area contributed by atoms with Crippen molar-refractivity contribution in [1.29, 1.82) is 0 Å². The number of piperidine rings is 1. The van der Waals surface area contributed by atoms with Crippen LogP contribution in [0.1, 0.15) is 36.2 Å². The number of benzene rings is 1. The molecule has 2 atom stereocenters. The Balaban J connectivity index is 1.34. The van der Waals surface area contributed by atoms with Gasteiger partial charge >= 0.3 is 0 Å². The molecule has 132 valence electrons. The highest BCUT2D eigenvalue weighted by atomic mass is 16.5. The lowest BCUT2D eigenvalue weighted by Crippen LogP contribution is -2.49. The molecule has 0 saturated carbocycles. The molecule has 5 nitrogen and oxygen atoms in total. The van der Waals surface area contributed by atoms with Crippen molar-refractivity contribution in [3.05, 3.63) is 60.6 Å². The van der Waals surface area contributed by atoms with Crippen LogP contribution in [0.15, 0.2) is 59.3 Å². The minimum absolute atomic E-state index is 0.00790. The zero-order chi connectivity index (χ0) is 17.5. The monoisotopic (exact) mass is 348 g/mol. The van der Waals surface area contributed by atoms with E-state index in [1.54, 1.807) is 12.4 Å². The van der Waals surface area contributed by atoms with Gasteiger partial charge < -0.3 is 14.1 Å². The van der Waals surface area contributed by atoms with Gasteiger partial charge in [0.1, 0.15) is 17.4 Å². The smallest absolute Gasteiger partial charge is 0.290 e. The summed E-state index contributed by atoms with van der Waals surface area (Å²) >= 11 is 0. The molecule has 5 rings (SSSR count). The third-order valence-corrected chi connectivity index (χ3v) is 5.50. The molecule has 5 heteroatoms. The third kappa shape index (κ3) is 2.64. The van der Waals surface area contributed by atoms with Crippen LogP contribution in [0, 0.1) is 0 Å². The van der Waals surface area contributed by atoms with Crippen LogP contribution in [0.5, 0.6) is 5.75 Å². The summed E-state index contributed by atoms with van der Waals surface area (Å²) in [6, 6.07) is 13.8. The molecule has 2 aliphatic heterocycles. The minimum atomic E-state index is 0.00790. The summed E-state index contributed by atoms with van der Waals surface area (Å²) in [6.07, 6.45) is 7.40. The topological polar surface area (TPSA) is 55.6 Å². The van der Waals surface area contributed by atoms with E-state index in [0.29, 0.717) is 5.76 Å². The van der Waals surface area contributed by atoms with Gasteiger partial charge in [0.15, 0.2) is 5.76 Å². The number of ether oxygens (including phenoxy) is 1. The highest BCUT2D eigenvalue weighted by molar-refractivity contribution is 5.96. The fraction of sp³-hybridized carbons (Fsp3) is 0.333. The molecule has 2 saturated heterocycles. The Morgan fingerprint density at radius 3 is 2.65 bits per heavy atom. The van der Waals surface area contributed by atoms with Gasteiger partial charge in [-0.3, -0.25) is 9.78 Å². The fourth-order valence-corrected chi connectivity index (χ4v) is 4.38. The zero-order valence-electron chi connectivity index (χ0n) is 14.4. The van der Waals surface area contributed by atoms with Gasteiger partial charge in [-0.05, 0) is 37.1 Å². The molecule has 2 aliphatic rings. The van der Waals surface area contributed by atoms with Crippen LogP contribution in [0.4, 0.5) is 0 Å². The number of amides is 1. The molecule has 2 fully saturated rings. The van der Waals surface area contributed by atoms with E-state index < -0.39 is 0 Å². The van der Waals surface area contributed by atoms with E-state index in [4.69, 9.17) is 9.15 Å². The van der Waals surface area contributed by atoms with Crippen molar-refractivity contribution >= 4 is 16.9 Å². The maximum Gasteiger partial charge on any atom is 0.290 e. The van der Waals surface area contributed by atoms with Crippen molar-refractivity contribution in [2.24, 2.45) is 0 Å². The van der Waals surface area contributed by atoms with Gasteiger partial charge in [0.25, 0.3) is 5.91 Å². The Kier molecular flexibility index (Phi) is 3.66. The summed E-state index contributed by atoms with van der Waals surface area (Å²) in [6.45, 7) is 0. The molecule has 26 heavy (non-hydrogen) atoms. The summed E-state index contributed by atoms with van der Waals surface area (Å²) < 4.78 is 11.9. The lowest BCUT2D eigenvalue weighted by molar-refractivity contribution is 0.0334. The highest BCUT2D eigenvalue weighted by Crippen LogP contribution is 2.38. The van der Waals surface area contributed by atoms with Crippen molar-refractivity contribution in [2.75, 3.05) is 0 Å². The molecular weight excluding hydrogens is 328 g/mol. The second-order valence-electron chi connectivity index (χ2n) is 7.15. The number of hydrogen-bond acceptors (Lipinski definition) is 4. The molecule has 0 aliphatic carbocycles. The van der Waals surface area contributed by atoms with Gasteiger partial charge in [-0.2, -0.15) is 0 Å². The Labute approximate surface area is 151 Å². The first-order chi connectivity index (χ1) is 12.8. The highest BCUT2D eigenvalue weighted by Gasteiger charge is 2.45. The number of hydrogen-bond donors (Lipinski definition) is 0. The number of rotatable bonds is 3. The summed E-state index contributed by atoms with van der Waals surface area (Å²) in [5, 5.41) is 0.970. The number of aromatic nitrogens is 1. The maximum absolute atomic E-state index is 13.1. The van der Waals surface area contributed by atoms with Crippen LogP contribution >= 0.6 is 0 Å². The third-order valence-electron chi connectivity index (χ3n) is 5.50. The zero-order valence-corrected chi connectivity index (χ0v) is 14.4. The number of carbonyl (C=O) groups excluding carboxylic acids is 1. The molecule has 0 radical (unpaired) electrons. The van der Waals surface area contributed by atoms with Crippen LogP contribution in [0.2, 0.25) is 0 Å². The molecule has 2 unspecified atom stereocenters. The Morgan fingerprint density at radius 2 is 1.92 bits per heavy atom. The molecule has 3 aromatic rings. The van der Waals surface area contributed by atoms with Gasteiger partial charge in [0.2, 0.25) is 0 Å². The van der Waals surface area contributed by atoms with E-state index in [1.165, 1.54) is 0 Å². The van der Waals surface area contributed by atoms with Gasteiger partial charge in [-0.1, -0.05) is 18.2 Å². The Bertz CT molecular complexity index is 890. The SMILES string of the molecule is O=C(c1cc2ccccc2o1)N1C2CCC1CC(Oc1cccnc1)C2. The van der Waals surface area contributed by atoms with Gasteiger partial charge in [0.05, 0.1) is 6.20 Å². The largest absolute Gasteiger partial charge is 0.489 e. The Morgan fingerprint density at radius 1 is 1.12 bits per heavy atom. The molecule has 0 spiro atoms. The standard InChI is InChI=1S/C21H20N2O3/c24-21(20-10-14-4-1-2-6-19(14)26-20)23-15-7-8-16(23)12-18(11-15)25-17-5-3-9-22-13-17/h1-6,9-10,13,15-16,18H,7-8,11-12H2. The van der Waals surface area contributed by atoms with E-state index >= 15 is 0 Å². The van der Waals surface area contributed by atoms with Crippen LogP contribution in [0.3, 0.4) is 0 Å². The van der Waals surface area contributed by atoms with E-state index in [0.717, 1.165) is 42.4 Å². The summed E-state index contributed by atoms with van der Waals surface area (Å²) in [5.74, 6) is 1.25. The molecule has 0 N–H and O–H groups in total. The fourth-order valence-electron chi connectivity index (χ4n) is 4.38. The van der Waals surface area contributed by atoms with Gasteiger partial charge in [-0.15, -0.1) is 0 Å². The summed E-state index contributed by atoms with van der Waals surface area (Å²) in [4.78, 5) is 19.2. The van der Waals surface area contributed by atoms with Crippen molar-refractivity contribution in [1.82, 2.24) is 9.88 Å². The molecule has 2 aromatic heterocycles. The molecule has 4 heterocycles. The first-order valence-electron chi connectivity index (χ1n) is 9.16.